The number of nitrogens with zero attached hydrogens (tertiary/aromatic N) is 1. The van der Waals surface area contributed by atoms with Crippen LogP contribution in [0.5, 0.6) is 0 Å². The van der Waals surface area contributed by atoms with Gasteiger partial charge in [-0.1, -0.05) is 6.07 Å². The summed E-state index contributed by atoms with van der Waals surface area (Å²) in [5.74, 6) is 0. The van der Waals surface area contributed by atoms with Gasteiger partial charge in [0.05, 0.1) is 11.1 Å². The first-order valence-electron chi connectivity index (χ1n) is 6.73. The van der Waals surface area contributed by atoms with Crippen molar-refractivity contribution in [3.8, 4) is 5.69 Å². The van der Waals surface area contributed by atoms with E-state index in [1.54, 1.807) is 6.07 Å². The Hall–Kier alpha value is -2.14. The fraction of sp³-hybridized carbons (Fsp3) is 0.250. The normalized spacial score (nSPS) is 11.2. The molecular formula is C16H16N2O2S. The maximum Gasteiger partial charge on any atom is 0.334 e. The minimum atomic E-state index is -0.392. The molecule has 0 spiro atoms. The van der Waals surface area contributed by atoms with Crippen molar-refractivity contribution >= 4 is 21.6 Å². The quantitative estimate of drug-likeness (QED) is 0.751. The number of H-pyrrole nitrogens is 1. The summed E-state index contributed by atoms with van der Waals surface area (Å²) >= 11 is 1.45. The minimum absolute atomic E-state index is 0.251. The van der Waals surface area contributed by atoms with E-state index in [4.69, 9.17) is 0 Å². The Morgan fingerprint density at radius 2 is 1.76 bits per heavy atom. The zero-order valence-electron chi connectivity index (χ0n) is 12.4. The first kappa shape index (κ1) is 13.8. The Morgan fingerprint density at radius 1 is 1.05 bits per heavy atom. The Morgan fingerprint density at radius 3 is 2.43 bits per heavy atom. The average molecular weight is 300 g/mol. The molecule has 0 saturated carbocycles. The smallest absolute Gasteiger partial charge is 0.298 e. The second kappa shape index (κ2) is 4.70. The van der Waals surface area contributed by atoms with Gasteiger partial charge in [-0.3, -0.25) is 9.78 Å². The maximum atomic E-state index is 12.7. The lowest BCUT2D eigenvalue weighted by Gasteiger charge is -2.07. The van der Waals surface area contributed by atoms with Crippen LogP contribution in [0, 0.1) is 27.7 Å². The van der Waals surface area contributed by atoms with Gasteiger partial charge in [0.1, 0.15) is 4.83 Å². The predicted molar refractivity (Wildman–Crippen MR) is 87.0 cm³/mol. The van der Waals surface area contributed by atoms with Crippen molar-refractivity contribution in [2.45, 2.75) is 27.7 Å². The van der Waals surface area contributed by atoms with Gasteiger partial charge >= 0.3 is 5.69 Å². The number of thiophene rings is 1. The molecule has 0 saturated heterocycles. The summed E-state index contributed by atoms with van der Waals surface area (Å²) in [5.41, 5.74) is 3.09. The fourth-order valence-corrected chi connectivity index (χ4v) is 3.47. The Bertz CT molecular complexity index is 976. The predicted octanol–water partition coefficient (Wildman–Crippen LogP) is 2.97. The van der Waals surface area contributed by atoms with Gasteiger partial charge in [-0.25, -0.2) is 9.36 Å². The molecule has 21 heavy (non-hydrogen) atoms. The molecule has 0 aliphatic rings. The van der Waals surface area contributed by atoms with Gasteiger partial charge < -0.3 is 0 Å². The number of aromatic amines is 1. The number of hydrogen-bond donors (Lipinski definition) is 1. The number of fused-ring (bicyclic) bond motifs is 1. The monoisotopic (exact) mass is 300 g/mol. The van der Waals surface area contributed by atoms with E-state index >= 15 is 0 Å². The lowest BCUT2D eigenvalue weighted by Crippen LogP contribution is -2.33. The fourth-order valence-electron chi connectivity index (χ4n) is 2.43. The highest BCUT2D eigenvalue weighted by molar-refractivity contribution is 7.18. The van der Waals surface area contributed by atoms with Crippen LogP contribution in [-0.4, -0.2) is 9.55 Å². The molecule has 2 heterocycles. The second-order valence-electron chi connectivity index (χ2n) is 5.33. The van der Waals surface area contributed by atoms with E-state index in [1.165, 1.54) is 15.9 Å². The van der Waals surface area contributed by atoms with Gasteiger partial charge in [-0.15, -0.1) is 11.3 Å². The Labute approximate surface area is 125 Å². The molecule has 1 N–H and O–H groups in total. The van der Waals surface area contributed by atoms with E-state index in [0.717, 1.165) is 21.6 Å². The van der Waals surface area contributed by atoms with Crippen molar-refractivity contribution in [2.75, 3.05) is 0 Å². The van der Waals surface area contributed by atoms with Crippen LogP contribution in [0.15, 0.2) is 27.8 Å². The SMILES string of the molecule is Cc1ccc(-n2c(=O)[nH]c3sc(C)c(C)c3c2=O)cc1C. The lowest BCUT2D eigenvalue weighted by atomic mass is 10.1. The van der Waals surface area contributed by atoms with Crippen molar-refractivity contribution < 1.29 is 0 Å². The van der Waals surface area contributed by atoms with Crippen molar-refractivity contribution in [2.24, 2.45) is 0 Å². The van der Waals surface area contributed by atoms with Crippen LogP contribution in [0.4, 0.5) is 0 Å². The Balaban J connectivity index is 2.42. The molecule has 3 aromatic rings. The molecule has 0 radical (unpaired) electrons. The van der Waals surface area contributed by atoms with E-state index in [0.29, 0.717) is 15.9 Å². The van der Waals surface area contributed by atoms with Crippen LogP contribution in [0.1, 0.15) is 21.6 Å². The van der Waals surface area contributed by atoms with E-state index in [2.05, 4.69) is 4.98 Å². The topological polar surface area (TPSA) is 54.9 Å². The van der Waals surface area contributed by atoms with Gasteiger partial charge in [0.15, 0.2) is 0 Å². The maximum absolute atomic E-state index is 12.7. The number of nitrogens with one attached hydrogen (secondary N) is 1. The molecule has 0 atom stereocenters. The number of hydrogen-bond acceptors (Lipinski definition) is 3. The highest BCUT2D eigenvalue weighted by Crippen LogP contribution is 2.25. The van der Waals surface area contributed by atoms with E-state index in [-0.39, 0.29) is 5.56 Å². The molecule has 5 heteroatoms. The molecule has 0 unspecified atom stereocenters. The highest BCUT2D eigenvalue weighted by atomic mass is 32.1. The zero-order chi connectivity index (χ0) is 15.3. The van der Waals surface area contributed by atoms with Crippen molar-refractivity contribution in [3.63, 3.8) is 0 Å². The Kier molecular flexibility index (Phi) is 3.10. The first-order chi connectivity index (χ1) is 9.90. The average Bonchev–Trinajstić information content (AvgIpc) is 2.69. The number of aromatic nitrogens is 2. The zero-order valence-corrected chi connectivity index (χ0v) is 13.2. The van der Waals surface area contributed by atoms with Crippen LogP contribution in [0.3, 0.4) is 0 Å². The standard InChI is InChI=1S/C16H16N2O2S/c1-8-5-6-12(7-9(8)2)18-15(19)13-10(3)11(4)21-14(13)17-16(18)20/h5-7H,1-4H3,(H,17,20). The largest absolute Gasteiger partial charge is 0.334 e. The summed E-state index contributed by atoms with van der Waals surface area (Å²) < 4.78 is 1.22. The molecule has 0 amide bonds. The molecule has 0 fully saturated rings. The molecule has 0 aliphatic carbocycles. The van der Waals surface area contributed by atoms with Crippen molar-refractivity contribution in [1.29, 1.82) is 0 Å². The van der Waals surface area contributed by atoms with Crippen molar-refractivity contribution in [3.05, 3.63) is 60.6 Å². The van der Waals surface area contributed by atoms with E-state index in [9.17, 15) is 9.59 Å². The number of aryl methyl sites for hydroxylation is 4. The van der Waals surface area contributed by atoms with E-state index in [1.807, 2.05) is 39.8 Å². The number of benzene rings is 1. The third-order valence-corrected chi connectivity index (χ3v) is 5.10. The van der Waals surface area contributed by atoms with Gasteiger partial charge in [0.2, 0.25) is 0 Å². The lowest BCUT2D eigenvalue weighted by molar-refractivity contribution is 0.901. The van der Waals surface area contributed by atoms with Crippen molar-refractivity contribution in [1.82, 2.24) is 9.55 Å². The second-order valence-corrected chi connectivity index (χ2v) is 6.55. The van der Waals surface area contributed by atoms with Gasteiger partial charge in [-0.05, 0) is 56.5 Å². The molecule has 0 aliphatic heterocycles. The summed E-state index contributed by atoms with van der Waals surface area (Å²) in [6.07, 6.45) is 0. The van der Waals surface area contributed by atoms with Crippen LogP contribution in [-0.2, 0) is 0 Å². The summed E-state index contributed by atoms with van der Waals surface area (Å²) in [5, 5.41) is 0.607. The van der Waals surface area contributed by atoms with E-state index < -0.39 is 5.69 Å². The number of rotatable bonds is 1. The molecule has 1 aromatic carbocycles. The summed E-state index contributed by atoms with van der Waals surface area (Å²) in [7, 11) is 0. The van der Waals surface area contributed by atoms with Gasteiger partial charge in [0, 0.05) is 4.88 Å². The van der Waals surface area contributed by atoms with Gasteiger partial charge in [0.25, 0.3) is 5.56 Å². The highest BCUT2D eigenvalue weighted by Gasteiger charge is 2.15. The molecule has 108 valence electrons. The summed E-state index contributed by atoms with van der Waals surface area (Å²) in [4.78, 5) is 29.5. The van der Waals surface area contributed by atoms with Crippen LogP contribution in [0.25, 0.3) is 15.9 Å². The molecule has 0 bridgehead atoms. The molecule has 3 rings (SSSR count). The third kappa shape index (κ3) is 2.05. The van der Waals surface area contributed by atoms with Crippen LogP contribution >= 0.6 is 11.3 Å². The first-order valence-corrected chi connectivity index (χ1v) is 7.54. The molecule has 4 nitrogen and oxygen atoms in total. The minimum Gasteiger partial charge on any atom is -0.298 e. The molecule has 2 aromatic heterocycles. The molecular weight excluding hydrogens is 284 g/mol. The van der Waals surface area contributed by atoms with Crippen LogP contribution < -0.4 is 11.2 Å². The summed E-state index contributed by atoms with van der Waals surface area (Å²) in [6.45, 7) is 7.84. The van der Waals surface area contributed by atoms with Gasteiger partial charge in [-0.2, -0.15) is 0 Å². The van der Waals surface area contributed by atoms with Crippen LogP contribution in [0.2, 0.25) is 0 Å². The summed E-state index contributed by atoms with van der Waals surface area (Å²) in [6, 6.07) is 5.60. The third-order valence-electron chi connectivity index (χ3n) is 3.97.